The molecule has 2 aliphatic rings. The van der Waals surface area contributed by atoms with Crippen LogP contribution in [0.15, 0.2) is 35.5 Å². The van der Waals surface area contributed by atoms with Crippen molar-refractivity contribution >= 4 is 16.8 Å². The van der Waals surface area contributed by atoms with Gasteiger partial charge in [0.25, 0.3) is 0 Å². The fourth-order valence-corrected chi connectivity index (χ4v) is 4.22. The van der Waals surface area contributed by atoms with Crippen molar-refractivity contribution < 1.29 is 9.47 Å². The fraction of sp³-hybridized carbons (Fsp3) is 0.381. The lowest BCUT2D eigenvalue weighted by molar-refractivity contribution is 0.0694. The molecule has 10 heteroatoms. The van der Waals surface area contributed by atoms with Crippen LogP contribution in [0.5, 0.6) is 0 Å². The average molecular weight is 417 g/mol. The Hall–Kier alpha value is -3.55. The second kappa shape index (κ2) is 7.01. The van der Waals surface area contributed by atoms with Gasteiger partial charge in [-0.05, 0) is 25.0 Å². The van der Waals surface area contributed by atoms with Crippen LogP contribution in [0.25, 0.3) is 28.3 Å². The highest BCUT2D eigenvalue weighted by atomic mass is 16.6. The quantitative estimate of drug-likeness (QED) is 0.462. The number of ether oxygens (including phenoxy) is 2. The summed E-state index contributed by atoms with van der Waals surface area (Å²) in [4.78, 5) is 27.1. The number of fused-ring (bicyclic) bond motifs is 2. The van der Waals surface area contributed by atoms with Crippen molar-refractivity contribution in [2.45, 2.75) is 31.5 Å². The molecule has 0 saturated carbocycles. The molecule has 0 amide bonds. The van der Waals surface area contributed by atoms with Crippen molar-refractivity contribution in [2.75, 3.05) is 19.8 Å². The topological polar surface area (TPSA) is 116 Å². The molecular formula is C21H19N7O3. The molecule has 2 fully saturated rings. The molecule has 10 nitrogen and oxygen atoms in total. The van der Waals surface area contributed by atoms with Crippen LogP contribution < -0.4 is 5.69 Å². The Labute approximate surface area is 176 Å². The largest absolute Gasteiger partial charge is 0.381 e. The second-order valence-corrected chi connectivity index (χ2v) is 7.87. The van der Waals surface area contributed by atoms with Gasteiger partial charge in [-0.15, -0.1) is 0 Å². The molecule has 1 atom stereocenters. The van der Waals surface area contributed by atoms with Gasteiger partial charge >= 0.3 is 5.69 Å². The summed E-state index contributed by atoms with van der Waals surface area (Å²) in [6.45, 7) is 2.41. The smallest absolute Gasteiger partial charge is 0.330 e. The van der Waals surface area contributed by atoms with Gasteiger partial charge < -0.3 is 9.47 Å². The Kier molecular flexibility index (Phi) is 4.12. The van der Waals surface area contributed by atoms with Crippen molar-refractivity contribution in [3.8, 4) is 17.6 Å². The van der Waals surface area contributed by atoms with Gasteiger partial charge in [-0.1, -0.05) is 0 Å². The van der Waals surface area contributed by atoms with Crippen LogP contribution in [0.1, 0.15) is 24.4 Å². The number of epoxide rings is 1. The van der Waals surface area contributed by atoms with Gasteiger partial charge in [-0.3, -0.25) is 13.5 Å². The minimum Gasteiger partial charge on any atom is -0.381 e. The predicted octanol–water partition coefficient (Wildman–Crippen LogP) is 1.53. The van der Waals surface area contributed by atoms with Crippen LogP contribution in [0, 0.1) is 11.3 Å². The first-order valence-electron chi connectivity index (χ1n) is 10.3. The summed E-state index contributed by atoms with van der Waals surface area (Å²) >= 11 is 0. The van der Waals surface area contributed by atoms with Crippen LogP contribution in [-0.4, -0.2) is 54.4 Å². The van der Waals surface area contributed by atoms with Gasteiger partial charge in [0.2, 0.25) is 0 Å². The molecular weight excluding hydrogens is 398 g/mol. The van der Waals surface area contributed by atoms with E-state index >= 15 is 0 Å². The van der Waals surface area contributed by atoms with Gasteiger partial charge in [-0.2, -0.15) is 5.26 Å². The first-order valence-corrected chi connectivity index (χ1v) is 10.3. The Morgan fingerprint density at radius 1 is 1.19 bits per heavy atom. The van der Waals surface area contributed by atoms with Gasteiger partial charge in [0.05, 0.1) is 37.2 Å². The van der Waals surface area contributed by atoms with E-state index in [1.165, 1.54) is 0 Å². The van der Waals surface area contributed by atoms with Crippen molar-refractivity contribution in [1.29, 1.82) is 5.26 Å². The van der Waals surface area contributed by atoms with Crippen LogP contribution in [-0.2, 0) is 16.0 Å². The fourth-order valence-electron chi connectivity index (χ4n) is 4.22. The number of imidazole rings is 2. The molecule has 0 spiro atoms. The molecule has 2 saturated heterocycles. The first-order chi connectivity index (χ1) is 15.2. The number of hydrogen-bond acceptors (Lipinski definition) is 7. The highest BCUT2D eigenvalue weighted by Crippen LogP contribution is 2.26. The zero-order chi connectivity index (χ0) is 20.9. The van der Waals surface area contributed by atoms with Crippen molar-refractivity contribution in [3.05, 3.63) is 46.8 Å². The normalized spacial score (nSPS) is 19.1. The Morgan fingerprint density at radius 3 is 2.81 bits per heavy atom. The minimum atomic E-state index is -0.0891. The molecule has 4 aromatic heterocycles. The van der Waals surface area contributed by atoms with Crippen LogP contribution in [0.2, 0.25) is 0 Å². The lowest BCUT2D eigenvalue weighted by atomic mass is 10.1. The van der Waals surface area contributed by atoms with E-state index in [9.17, 15) is 10.1 Å². The van der Waals surface area contributed by atoms with Crippen molar-refractivity contribution in [3.63, 3.8) is 0 Å². The summed E-state index contributed by atoms with van der Waals surface area (Å²) in [6, 6.07) is 5.67. The molecule has 0 unspecified atom stereocenters. The minimum absolute atomic E-state index is 0.0280. The lowest BCUT2D eigenvalue weighted by Gasteiger charge is -2.22. The second-order valence-electron chi connectivity index (χ2n) is 7.87. The van der Waals surface area contributed by atoms with E-state index in [0.717, 1.165) is 12.8 Å². The standard InChI is InChI=1S/C21H19N7O3/c22-7-13-1-2-18-23-8-16(26(18)10-13)19-24-9-17-20(25-19)28(14-3-5-30-6-4-14)21(29)27(17)11-15-12-31-15/h1-2,8-10,14-15H,3-6,11-12H2/t15-/m1/s1. The maximum absolute atomic E-state index is 13.4. The maximum atomic E-state index is 13.4. The molecule has 0 aliphatic carbocycles. The number of nitriles is 1. The summed E-state index contributed by atoms with van der Waals surface area (Å²) in [5, 5.41) is 9.25. The third kappa shape index (κ3) is 3.01. The van der Waals surface area contributed by atoms with Gasteiger partial charge in [0, 0.05) is 25.5 Å². The molecule has 6 rings (SSSR count). The molecule has 0 aromatic carbocycles. The summed E-state index contributed by atoms with van der Waals surface area (Å²) < 4.78 is 16.2. The van der Waals surface area contributed by atoms with Gasteiger partial charge in [0.15, 0.2) is 11.5 Å². The van der Waals surface area contributed by atoms with Gasteiger partial charge in [0.1, 0.15) is 22.9 Å². The Balaban J connectivity index is 1.55. The summed E-state index contributed by atoms with van der Waals surface area (Å²) in [6.07, 6.45) is 6.69. The molecule has 31 heavy (non-hydrogen) atoms. The highest BCUT2D eigenvalue weighted by Gasteiger charge is 2.29. The van der Waals surface area contributed by atoms with Crippen molar-refractivity contribution in [2.24, 2.45) is 0 Å². The Bertz CT molecular complexity index is 1400. The van der Waals surface area contributed by atoms with E-state index in [-0.39, 0.29) is 17.8 Å². The molecule has 0 N–H and O–H groups in total. The van der Waals surface area contributed by atoms with E-state index in [4.69, 9.17) is 14.5 Å². The third-order valence-electron chi connectivity index (χ3n) is 5.91. The number of nitrogens with zero attached hydrogens (tertiary/aromatic N) is 7. The number of rotatable bonds is 4. The van der Waals surface area contributed by atoms with Crippen LogP contribution in [0.3, 0.4) is 0 Å². The maximum Gasteiger partial charge on any atom is 0.330 e. The number of aromatic nitrogens is 6. The zero-order valence-electron chi connectivity index (χ0n) is 16.6. The molecule has 4 aromatic rings. The van der Waals surface area contributed by atoms with E-state index in [1.807, 2.05) is 0 Å². The summed E-state index contributed by atoms with van der Waals surface area (Å²) in [7, 11) is 0. The highest BCUT2D eigenvalue weighted by molar-refractivity contribution is 5.74. The summed E-state index contributed by atoms with van der Waals surface area (Å²) in [5.41, 5.74) is 3.09. The Morgan fingerprint density at radius 2 is 2.03 bits per heavy atom. The van der Waals surface area contributed by atoms with Gasteiger partial charge in [-0.25, -0.2) is 19.7 Å². The average Bonchev–Trinajstić information content (AvgIpc) is 3.47. The molecule has 6 heterocycles. The zero-order valence-corrected chi connectivity index (χ0v) is 16.6. The molecule has 156 valence electrons. The van der Waals surface area contributed by atoms with Crippen LogP contribution in [0.4, 0.5) is 0 Å². The molecule has 2 aliphatic heterocycles. The SMILES string of the molecule is N#Cc1ccc2ncc(-c3ncc4c(n3)n(C3CCOCC3)c(=O)n4C[C@@H]3CO3)n2c1. The lowest BCUT2D eigenvalue weighted by Crippen LogP contribution is -2.31. The predicted molar refractivity (Wildman–Crippen MR) is 110 cm³/mol. The van der Waals surface area contributed by atoms with E-state index < -0.39 is 0 Å². The first kappa shape index (κ1) is 18.2. The third-order valence-corrected chi connectivity index (χ3v) is 5.91. The molecule has 0 bridgehead atoms. The van der Waals surface area contributed by atoms with Crippen LogP contribution >= 0.6 is 0 Å². The van der Waals surface area contributed by atoms with E-state index in [1.54, 1.807) is 44.3 Å². The monoisotopic (exact) mass is 417 g/mol. The molecule has 0 radical (unpaired) electrons. The van der Waals surface area contributed by atoms with Crippen molar-refractivity contribution in [1.82, 2.24) is 28.5 Å². The van der Waals surface area contributed by atoms with E-state index in [2.05, 4.69) is 16.0 Å². The van der Waals surface area contributed by atoms with E-state index in [0.29, 0.717) is 60.3 Å². The number of hydrogen-bond donors (Lipinski definition) is 0. The number of pyridine rings is 1. The summed E-state index contributed by atoms with van der Waals surface area (Å²) in [5.74, 6) is 0.454.